The number of benzene rings is 1. The maximum Gasteiger partial charge on any atom is 0.327 e. The van der Waals surface area contributed by atoms with Crippen LogP contribution in [-0.2, 0) is 0 Å². The molecule has 0 saturated carbocycles. The zero-order chi connectivity index (χ0) is 13.4. The highest BCUT2D eigenvalue weighted by atomic mass is 35.5. The largest absolute Gasteiger partial charge is 0.327 e. The van der Waals surface area contributed by atoms with E-state index in [0.29, 0.717) is 0 Å². The van der Waals surface area contributed by atoms with Gasteiger partial charge in [0, 0.05) is 17.7 Å². The van der Waals surface area contributed by atoms with E-state index in [0.717, 1.165) is 0 Å². The molecule has 0 heterocycles. The van der Waals surface area contributed by atoms with E-state index in [-0.39, 0.29) is 12.1 Å². The van der Waals surface area contributed by atoms with E-state index in [4.69, 9.17) is 11.6 Å². The van der Waals surface area contributed by atoms with Crippen LogP contribution >= 0.6 is 11.6 Å². The molecule has 0 amide bonds. The molecule has 0 radical (unpaired) electrons. The van der Waals surface area contributed by atoms with Crippen molar-refractivity contribution in [2.75, 3.05) is 0 Å². The van der Waals surface area contributed by atoms with Crippen molar-refractivity contribution in [3.05, 3.63) is 35.1 Å². The molecule has 0 spiro atoms. The van der Waals surface area contributed by atoms with Gasteiger partial charge in [0.1, 0.15) is 22.8 Å². The van der Waals surface area contributed by atoms with Crippen LogP contribution in [0.1, 0.15) is 10.9 Å². The summed E-state index contributed by atoms with van der Waals surface area (Å²) < 4.78 is 87.9. The van der Waals surface area contributed by atoms with Crippen molar-refractivity contribution in [3.8, 4) is 0 Å². The smallest absolute Gasteiger partial charge is 0.207 e. The van der Waals surface area contributed by atoms with E-state index in [1.54, 1.807) is 0 Å². The molecule has 0 aliphatic carbocycles. The van der Waals surface area contributed by atoms with Gasteiger partial charge >= 0.3 is 12.3 Å². The van der Waals surface area contributed by atoms with Crippen molar-refractivity contribution in [2.45, 2.75) is 17.7 Å². The minimum atomic E-state index is -4.83. The summed E-state index contributed by atoms with van der Waals surface area (Å²) >= 11 is 4.92. The molecule has 1 rings (SSSR count). The van der Waals surface area contributed by atoms with Crippen molar-refractivity contribution < 1.29 is 30.7 Å². The number of hydrogen-bond donors (Lipinski definition) is 0. The maximum absolute atomic E-state index is 13.0. The van der Waals surface area contributed by atoms with E-state index < -0.39 is 40.7 Å². The minimum Gasteiger partial charge on any atom is -0.207 e. The molecule has 0 fully saturated rings. The van der Waals surface area contributed by atoms with Crippen molar-refractivity contribution in [1.82, 2.24) is 0 Å². The Hall–Kier alpha value is -0.980. The summed E-state index contributed by atoms with van der Waals surface area (Å²) in [4.78, 5) is 0. The van der Waals surface area contributed by atoms with Crippen LogP contribution in [-0.4, -0.2) is 12.3 Å². The van der Waals surface area contributed by atoms with Gasteiger partial charge in [-0.05, 0) is 0 Å². The third kappa shape index (κ3) is 2.65. The number of halogens is 8. The molecule has 0 bridgehead atoms. The third-order valence-electron chi connectivity index (χ3n) is 1.93. The Labute approximate surface area is 96.0 Å². The summed E-state index contributed by atoms with van der Waals surface area (Å²) in [6.07, 6.45) is -4.20. The lowest BCUT2D eigenvalue weighted by Crippen LogP contribution is -2.32. The second-order valence-corrected chi connectivity index (χ2v) is 3.56. The lowest BCUT2D eigenvalue weighted by Gasteiger charge is -2.21. The fourth-order valence-electron chi connectivity index (χ4n) is 1.10. The highest BCUT2D eigenvalue weighted by Crippen LogP contribution is 2.43. The average Bonchev–Trinajstić information content (AvgIpc) is 2.15. The minimum absolute atomic E-state index is 0.0787. The lowest BCUT2D eigenvalue weighted by molar-refractivity contribution is -0.131. The first kappa shape index (κ1) is 14.1. The van der Waals surface area contributed by atoms with Crippen LogP contribution < -0.4 is 0 Å². The van der Waals surface area contributed by atoms with Crippen molar-refractivity contribution in [1.29, 1.82) is 0 Å². The summed E-state index contributed by atoms with van der Waals surface area (Å²) in [6, 6.07) is 0.157. The van der Waals surface area contributed by atoms with Crippen LogP contribution in [0.4, 0.5) is 30.7 Å². The SMILES string of the molecule is Fc1cc(F)c(C(Cl)C(F)(F)C(F)F)c(F)c1. The predicted molar refractivity (Wildman–Crippen MR) is 45.9 cm³/mol. The van der Waals surface area contributed by atoms with E-state index in [1.165, 1.54) is 0 Å². The fourth-order valence-corrected chi connectivity index (χ4v) is 1.40. The van der Waals surface area contributed by atoms with Gasteiger partial charge in [-0.15, -0.1) is 11.6 Å². The molecule has 0 N–H and O–H groups in total. The Kier molecular flexibility index (Phi) is 3.91. The average molecular weight is 281 g/mol. The molecule has 96 valence electrons. The van der Waals surface area contributed by atoms with Gasteiger partial charge in [-0.1, -0.05) is 0 Å². The molecule has 0 aliphatic rings. The predicted octanol–water partition coefficient (Wildman–Crippen LogP) is 4.28. The van der Waals surface area contributed by atoms with Crippen LogP contribution in [0.3, 0.4) is 0 Å². The van der Waals surface area contributed by atoms with Crippen LogP contribution in [0.25, 0.3) is 0 Å². The zero-order valence-corrected chi connectivity index (χ0v) is 8.59. The quantitative estimate of drug-likeness (QED) is 0.572. The fraction of sp³-hybridized carbons (Fsp3) is 0.333. The van der Waals surface area contributed by atoms with Gasteiger partial charge in [0.15, 0.2) is 0 Å². The molecule has 1 aromatic rings. The van der Waals surface area contributed by atoms with E-state index in [9.17, 15) is 30.7 Å². The molecular weight excluding hydrogens is 277 g/mol. The highest BCUT2D eigenvalue weighted by molar-refractivity contribution is 6.21. The Morgan fingerprint density at radius 3 is 1.76 bits per heavy atom. The zero-order valence-electron chi connectivity index (χ0n) is 7.83. The van der Waals surface area contributed by atoms with Crippen LogP contribution in [0.2, 0.25) is 0 Å². The first-order chi connectivity index (χ1) is 7.67. The molecule has 0 aliphatic heterocycles. The first-order valence-corrected chi connectivity index (χ1v) is 4.56. The van der Waals surface area contributed by atoms with Crippen molar-refractivity contribution in [2.24, 2.45) is 0 Å². The van der Waals surface area contributed by atoms with Crippen LogP contribution in [0.5, 0.6) is 0 Å². The third-order valence-corrected chi connectivity index (χ3v) is 2.44. The summed E-state index contributed by atoms with van der Waals surface area (Å²) in [5, 5.41) is -2.93. The van der Waals surface area contributed by atoms with Crippen molar-refractivity contribution >= 4 is 11.6 Å². The molecule has 1 atom stereocenters. The molecule has 1 aromatic carbocycles. The molecule has 17 heavy (non-hydrogen) atoms. The molecule has 0 nitrogen and oxygen atoms in total. The summed E-state index contributed by atoms with van der Waals surface area (Å²) in [7, 11) is 0. The molecule has 1 unspecified atom stereocenters. The highest BCUT2D eigenvalue weighted by Gasteiger charge is 2.50. The normalized spacial score (nSPS) is 14.2. The second kappa shape index (κ2) is 4.72. The topological polar surface area (TPSA) is 0 Å². The summed E-state index contributed by atoms with van der Waals surface area (Å²) in [5.74, 6) is -9.69. The second-order valence-electron chi connectivity index (χ2n) is 3.12. The Bertz CT molecular complexity index is 395. The molecule has 8 heteroatoms. The Balaban J connectivity index is 3.26. The van der Waals surface area contributed by atoms with Crippen molar-refractivity contribution in [3.63, 3.8) is 0 Å². The summed E-state index contributed by atoms with van der Waals surface area (Å²) in [5.41, 5.74) is -1.49. The monoisotopic (exact) mass is 280 g/mol. The van der Waals surface area contributed by atoms with Crippen LogP contribution in [0.15, 0.2) is 12.1 Å². The Morgan fingerprint density at radius 1 is 1.00 bits per heavy atom. The first-order valence-electron chi connectivity index (χ1n) is 4.12. The van der Waals surface area contributed by atoms with Crippen LogP contribution in [0, 0.1) is 17.5 Å². The van der Waals surface area contributed by atoms with Gasteiger partial charge in [0.2, 0.25) is 0 Å². The van der Waals surface area contributed by atoms with Gasteiger partial charge in [-0.25, -0.2) is 22.0 Å². The van der Waals surface area contributed by atoms with E-state index in [1.807, 2.05) is 0 Å². The molecule has 0 aromatic heterocycles. The standard InChI is InChI=1S/C9H4ClF7/c10-7(9(16,17)8(14)15)6-4(12)1-3(11)2-5(6)13/h1-2,7-8H. The van der Waals surface area contributed by atoms with Gasteiger partial charge in [0.25, 0.3) is 0 Å². The van der Waals surface area contributed by atoms with Gasteiger partial charge in [-0.3, -0.25) is 0 Å². The summed E-state index contributed by atoms with van der Waals surface area (Å²) in [6.45, 7) is 0. The molecular formula is C9H4ClF7. The van der Waals surface area contributed by atoms with Gasteiger partial charge < -0.3 is 0 Å². The van der Waals surface area contributed by atoms with E-state index >= 15 is 0 Å². The molecule has 0 saturated heterocycles. The van der Waals surface area contributed by atoms with E-state index in [2.05, 4.69) is 0 Å². The number of hydrogen-bond acceptors (Lipinski definition) is 0. The number of rotatable bonds is 3. The maximum atomic E-state index is 13.0. The lowest BCUT2D eigenvalue weighted by atomic mass is 10.1. The van der Waals surface area contributed by atoms with Gasteiger partial charge in [0.05, 0.1) is 0 Å². The van der Waals surface area contributed by atoms with Gasteiger partial charge in [-0.2, -0.15) is 8.78 Å². The number of alkyl halides is 5. The Morgan fingerprint density at radius 2 is 1.41 bits per heavy atom.